The summed E-state index contributed by atoms with van der Waals surface area (Å²) in [5, 5.41) is 13.1. The van der Waals surface area contributed by atoms with Gasteiger partial charge >= 0.3 is 6.18 Å². The number of benzene rings is 2. The number of aryl methyl sites for hydroxylation is 1. The standard InChI is InChI=1S/C22H22F3N3O4S/c1-3-33(31,32)18-10-4-15(5-11-18)12-20(29)27-17-8-6-16(7-9-17)21(30,22(23,24)25)19-13-28(2)14-26-19/h4-11,13-14,30H,3,12H2,1-2H3,(H,27,29). The summed E-state index contributed by atoms with van der Waals surface area (Å²) < 4.78 is 66.3. The minimum atomic E-state index is -5.02. The molecule has 1 heterocycles. The summed E-state index contributed by atoms with van der Waals surface area (Å²) in [6, 6.07) is 10.6. The fourth-order valence-corrected chi connectivity index (χ4v) is 4.11. The highest BCUT2D eigenvalue weighted by Crippen LogP contribution is 2.43. The summed E-state index contributed by atoms with van der Waals surface area (Å²) in [5.74, 6) is -0.475. The SMILES string of the molecule is CCS(=O)(=O)c1ccc(CC(=O)Nc2ccc(C(O)(c3cn(C)cn3)C(F)(F)F)cc2)cc1. The number of nitrogens with one attached hydrogen (secondary N) is 1. The first-order valence-electron chi connectivity index (χ1n) is 9.86. The third-order valence-electron chi connectivity index (χ3n) is 5.10. The highest BCUT2D eigenvalue weighted by Gasteiger charge is 2.57. The lowest BCUT2D eigenvalue weighted by Crippen LogP contribution is -2.43. The van der Waals surface area contributed by atoms with E-state index in [0.29, 0.717) is 5.56 Å². The monoisotopic (exact) mass is 481 g/mol. The molecule has 0 radical (unpaired) electrons. The number of anilines is 1. The Kier molecular flexibility index (Phi) is 6.66. The molecule has 1 aromatic heterocycles. The number of hydrogen-bond donors (Lipinski definition) is 2. The summed E-state index contributed by atoms with van der Waals surface area (Å²) in [6.45, 7) is 1.54. The Morgan fingerprint density at radius 2 is 1.70 bits per heavy atom. The van der Waals surface area contributed by atoms with Crippen molar-refractivity contribution in [2.75, 3.05) is 11.1 Å². The van der Waals surface area contributed by atoms with Crippen LogP contribution in [0.15, 0.2) is 66.0 Å². The van der Waals surface area contributed by atoms with Crippen molar-refractivity contribution in [3.8, 4) is 0 Å². The fraction of sp³-hybridized carbons (Fsp3) is 0.273. The average molecular weight is 481 g/mol. The molecule has 0 saturated carbocycles. The highest BCUT2D eigenvalue weighted by molar-refractivity contribution is 7.91. The Hall–Kier alpha value is -3.18. The molecular formula is C22H22F3N3O4S. The van der Waals surface area contributed by atoms with E-state index in [1.165, 1.54) is 54.9 Å². The van der Waals surface area contributed by atoms with Gasteiger partial charge in [-0.2, -0.15) is 13.2 Å². The van der Waals surface area contributed by atoms with E-state index < -0.39 is 38.8 Å². The molecule has 2 N–H and O–H groups in total. The van der Waals surface area contributed by atoms with Gasteiger partial charge in [-0.3, -0.25) is 4.79 Å². The van der Waals surface area contributed by atoms with Crippen LogP contribution in [0, 0.1) is 0 Å². The van der Waals surface area contributed by atoms with E-state index in [1.54, 1.807) is 0 Å². The topological polar surface area (TPSA) is 101 Å². The number of aliphatic hydroxyl groups is 1. The number of sulfone groups is 1. The molecule has 0 spiro atoms. The highest BCUT2D eigenvalue weighted by atomic mass is 32.2. The van der Waals surface area contributed by atoms with Crippen LogP contribution < -0.4 is 5.32 Å². The molecule has 0 aliphatic rings. The van der Waals surface area contributed by atoms with Crippen molar-refractivity contribution in [1.29, 1.82) is 0 Å². The predicted octanol–water partition coefficient (Wildman–Crippen LogP) is 3.19. The van der Waals surface area contributed by atoms with Crippen LogP contribution in [-0.4, -0.2) is 40.9 Å². The molecule has 1 unspecified atom stereocenters. The molecule has 3 rings (SSSR count). The molecule has 11 heteroatoms. The molecule has 0 bridgehead atoms. The molecule has 3 aromatic rings. The van der Waals surface area contributed by atoms with Gasteiger partial charge in [0.15, 0.2) is 9.84 Å². The normalized spacial score (nSPS) is 14.0. The first-order chi connectivity index (χ1) is 15.4. The zero-order valence-corrected chi connectivity index (χ0v) is 18.6. The van der Waals surface area contributed by atoms with Crippen LogP contribution in [0.2, 0.25) is 0 Å². The number of alkyl halides is 3. The van der Waals surface area contributed by atoms with Crippen molar-refractivity contribution in [3.63, 3.8) is 0 Å². The number of halogens is 3. The first-order valence-corrected chi connectivity index (χ1v) is 11.5. The Morgan fingerprint density at radius 1 is 1.09 bits per heavy atom. The first kappa shape index (κ1) is 24.5. The van der Waals surface area contributed by atoms with E-state index in [0.717, 1.165) is 24.7 Å². The molecular weight excluding hydrogens is 459 g/mol. The summed E-state index contributed by atoms with van der Waals surface area (Å²) in [7, 11) is -1.86. The molecule has 0 fully saturated rings. The van der Waals surface area contributed by atoms with Gasteiger partial charge in [-0.25, -0.2) is 13.4 Å². The Balaban J connectivity index is 1.74. The van der Waals surface area contributed by atoms with E-state index in [-0.39, 0.29) is 22.8 Å². The van der Waals surface area contributed by atoms with Gasteiger partial charge in [0.25, 0.3) is 0 Å². The number of amides is 1. The van der Waals surface area contributed by atoms with Gasteiger partial charge in [-0.1, -0.05) is 31.2 Å². The Labute approximate surface area is 188 Å². The molecule has 7 nitrogen and oxygen atoms in total. The van der Waals surface area contributed by atoms with E-state index in [9.17, 15) is 31.5 Å². The Bertz CT molecular complexity index is 1240. The molecule has 0 saturated heterocycles. The second-order valence-electron chi connectivity index (χ2n) is 7.48. The largest absolute Gasteiger partial charge is 0.427 e. The van der Waals surface area contributed by atoms with Crippen molar-refractivity contribution in [3.05, 3.63) is 77.9 Å². The molecule has 176 valence electrons. The molecule has 1 atom stereocenters. The molecule has 0 aliphatic heterocycles. The molecule has 33 heavy (non-hydrogen) atoms. The van der Waals surface area contributed by atoms with Gasteiger partial charge in [-0.15, -0.1) is 0 Å². The smallest absolute Gasteiger partial charge is 0.371 e. The third kappa shape index (κ3) is 5.09. The number of imidazole rings is 1. The van der Waals surface area contributed by atoms with Gasteiger partial charge in [0.1, 0.15) is 5.69 Å². The number of carbonyl (C=O) groups is 1. The van der Waals surface area contributed by atoms with Gasteiger partial charge < -0.3 is 15.0 Å². The Morgan fingerprint density at radius 3 is 2.18 bits per heavy atom. The lowest BCUT2D eigenvalue weighted by atomic mass is 9.90. The van der Waals surface area contributed by atoms with Crippen molar-refractivity contribution < 1.29 is 31.5 Å². The predicted molar refractivity (Wildman–Crippen MR) is 115 cm³/mol. The molecule has 0 aliphatic carbocycles. The number of rotatable bonds is 7. The van der Waals surface area contributed by atoms with E-state index in [1.807, 2.05) is 0 Å². The molecule has 2 aromatic carbocycles. The van der Waals surface area contributed by atoms with Crippen LogP contribution in [0.5, 0.6) is 0 Å². The summed E-state index contributed by atoms with van der Waals surface area (Å²) in [6.07, 6.45) is -2.84. The maximum absolute atomic E-state index is 13.8. The van der Waals surface area contributed by atoms with E-state index in [4.69, 9.17) is 0 Å². The van der Waals surface area contributed by atoms with Gasteiger partial charge in [0, 0.05) is 18.9 Å². The van der Waals surface area contributed by atoms with Crippen LogP contribution >= 0.6 is 0 Å². The second kappa shape index (κ2) is 8.99. The van der Waals surface area contributed by atoms with Crippen molar-refractivity contribution >= 4 is 21.4 Å². The van der Waals surface area contributed by atoms with Crippen LogP contribution in [0.1, 0.15) is 23.7 Å². The lowest BCUT2D eigenvalue weighted by Gasteiger charge is -2.29. The average Bonchev–Trinajstić information content (AvgIpc) is 3.20. The zero-order chi connectivity index (χ0) is 24.4. The summed E-state index contributed by atoms with van der Waals surface area (Å²) >= 11 is 0. The van der Waals surface area contributed by atoms with Gasteiger partial charge in [0.2, 0.25) is 11.5 Å². The van der Waals surface area contributed by atoms with Crippen LogP contribution in [0.4, 0.5) is 18.9 Å². The van der Waals surface area contributed by atoms with E-state index in [2.05, 4.69) is 10.3 Å². The number of hydrogen-bond acceptors (Lipinski definition) is 5. The number of carbonyl (C=O) groups excluding carboxylic acids is 1. The van der Waals surface area contributed by atoms with Crippen LogP contribution in [0.3, 0.4) is 0 Å². The van der Waals surface area contributed by atoms with E-state index >= 15 is 0 Å². The number of nitrogens with zero attached hydrogens (tertiary/aromatic N) is 2. The zero-order valence-electron chi connectivity index (χ0n) is 17.8. The van der Waals surface area contributed by atoms with Gasteiger partial charge in [-0.05, 0) is 35.4 Å². The quantitative estimate of drug-likeness (QED) is 0.540. The number of aromatic nitrogens is 2. The minimum absolute atomic E-state index is 0.0351. The van der Waals surface area contributed by atoms with Crippen molar-refractivity contribution in [2.45, 2.75) is 30.0 Å². The van der Waals surface area contributed by atoms with Crippen LogP contribution in [0.25, 0.3) is 0 Å². The molecule has 1 amide bonds. The maximum atomic E-state index is 13.8. The maximum Gasteiger partial charge on any atom is 0.427 e. The fourth-order valence-electron chi connectivity index (χ4n) is 3.22. The van der Waals surface area contributed by atoms with Crippen molar-refractivity contribution in [2.24, 2.45) is 7.05 Å². The third-order valence-corrected chi connectivity index (χ3v) is 6.85. The second-order valence-corrected chi connectivity index (χ2v) is 9.76. The summed E-state index contributed by atoms with van der Waals surface area (Å²) in [5.41, 5.74) is -3.51. The van der Waals surface area contributed by atoms with Gasteiger partial charge in [0.05, 0.1) is 23.4 Å². The summed E-state index contributed by atoms with van der Waals surface area (Å²) in [4.78, 5) is 16.1. The minimum Gasteiger partial charge on any atom is -0.371 e. The lowest BCUT2D eigenvalue weighted by molar-refractivity contribution is -0.249. The van der Waals surface area contributed by atoms with Crippen LogP contribution in [-0.2, 0) is 33.7 Å². The van der Waals surface area contributed by atoms with Crippen molar-refractivity contribution in [1.82, 2.24) is 9.55 Å².